The zero-order valence-corrected chi connectivity index (χ0v) is 13.0. The number of aryl methyl sites for hydroxylation is 1. The van der Waals surface area contributed by atoms with Gasteiger partial charge in [-0.3, -0.25) is 4.79 Å². The zero-order valence-electron chi connectivity index (χ0n) is 12.2. The minimum Gasteiger partial charge on any atom is -0.508 e. The Morgan fingerprint density at radius 1 is 1.23 bits per heavy atom. The number of hydrogen-bond donors (Lipinski definition) is 3. The van der Waals surface area contributed by atoms with Crippen molar-refractivity contribution >= 4 is 17.5 Å². The fourth-order valence-electron chi connectivity index (χ4n) is 2.13. The molecule has 0 spiro atoms. The number of phenols is 1. The number of nitrogens with one attached hydrogen (secondary N) is 1. The molecule has 1 amide bonds. The monoisotopic (exact) mass is 319 g/mol. The summed E-state index contributed by atoms with van der Waals surface area (Å²) >= 11 is 5.83. The van der Waals surface area contributed by atoms with Crippen molar-refractivity contribution in [3.8, 4) is 5.75 Å². The smallest absolute Gasteiger partial charge is 0.224 e. The van der Waals surface area contributed by atoms with Crippen LogP contribution in [0.2, 0.25) is 5.02 Å². The fourth-order valence-corrected chi connectivity index (χ4v) is 2.25. The average Bonchev–Trinajstić information content (AvgIpc) is 2.49. The first-order valence-corrected chi connectivity index (χ1v) is 7.31. The minimum absolute atomic E-state index is 0.137. The minimum atomic E-state index is -0.483. The van der Waals surface area contributed by atoms with Gasteiger partial charge < -0.3 is 15.5 Å². The number of aromatic hydroxyl groups is 1. The van der Waals surface area contributed by atoms with E-state index in [-0.39, 0.29) is 24.7 Å². The van der Waals surface area contributed by atoms with Gasteiger partial charge in [-0.25, -0.2) is 0 Å². The molecule has 2 rings (SSSR count). The third-order valence-corrected chi connectivity index (χ3v) is 3.68. The summed E-state index contributed by atoms with van der Waals surface area (Å²) in [6, 6.07) is 11.6. The van der Waals surface area contributed by atoms with Crippen molar-refractivity contribution in [1.29, 1.82) is 0 Å². The third kappa shape index (κ3) is 4.23. The second kappa shape index (κ2) is 7.29. The van der Waals surface area contributed by atoms with Crippen molar-refractivity contribution in [3.05, 3.63) is 64.2 Å². The van der Waals surface area contributed by atoms with E-state index in [4.69, 9.17) is 11.6 Å². The van der Waals surface area contributed by atoms with Gasteiger partial charge in [-0.05, 0) is 41.8 Å². The molecule has 0 aromatic heterocycles. The van der Waals surface area contributed by atoms with Crippen LogP contribution in [0.5, 0.6) is 5.75 Å². The average molecular weight is 320 g/mol. The van der Waals surface area contributed by atoms with Crippen LogP contribution in [-0.4, -0.2) is 22.7 Å². The maximum atomic E-state index is 12.1. The topological polar surface area (TPSA) is 69.6 Å². The lowest BCUT2D eigenvalue weighted by Gasteiger charge is -2.17. The molecular weight excluding hydrogens is 302 g/mol. The Labute approximate surface area is 134 Å². The van der Waals surface area contributed by atoms with Crippen molar-refractivity contribution in [2.75, 3.05) is 6.61 Å². The number of aliphatic hydroxyl groups excluding tert-OH is 1. The summed E-state index contributed by atoms with van der Waals surface area (Å²) < 4.78 is 0. The molecule has 0 fully saturated rings. The number of benzene rings is 2. The van der Waals surface area contributed by atoms with Crippen LogP contribution in [0, 0.1) is 6.92 Å². The number of carbonyl (C=O) groups is 1. The van der Waals surface area contributed by atoms with E-state index in [1.165, 1.54) is 0 Å². The zero-order chi connectivity index (χ0) is 16.1. The van der Waals surface area contributed by atoms with E-state index < -0.39 is 6.04 Å². The molecular formula is C17H18ClNO3. The first kappa shape index (κ1) is 16.3. The van der Waals surface area contributed by atoms with E-state index in [1.807, 2.05) is 0 Å². The van der Waals surface area contributed by atoms with Gasteiger partial charge in [0.2, 0.25) is 5.91 Å². The van der Waals surface area contributed by atoms with Gasteiger partial charge in [0.15, 0.2) is 0 Å². The Kier molecular flexibility index (Phi) is 5.41. The predicted molar refractivity (Wildman–Crippen MR) is 86.0 cm³/mol. The van der Waals surface area contributed by atoms with E-state index in [2.05, 4.69) is 5.32 Å². The standard InChI is InChI=1S/C17H18ClNO3/c1-11-2-3-12(8-16(11)21)9-17(22)19-15(10-20)13-4-6-14(18)7-5-13/h2-8,15,20-21H,9-10H2,1H3,(H,19,22). The van der Waals surface area contributed by atoms with Crippen LogP contribution in [0.1, 0.15) is 22.7 Å². The number of phenolic OH excluding ortho intramolecular Hbond substituents is 1. The molecule has 2 aromatic carbocycles. The number of hydrogen-bond acceptors (Lipinski definition) is 3. The molecule has 0 aliphatic rings. The second-order valence-electron chi connectivity index (χ2n) is 5.15. The highest BCUT2D eigenvalue weighted by Gasteiger charge is 2.14. The second-order valence-corrected chi connectivity index (χ2v) is 5.59. The summed E-state index contributed by atoms with van der Waals surface area (Å²) in [5.41, 5.74) is 2.26. The van der Waals surface area contributed by atoms with Crippen molar-refractivity contribution < 1.29 is 15.0 Å². The lowest BCUT2D eigenvalue weighted by Crippen LogP contribution is -2.31. The van der Waals surface area contributed by atoms with E-state index in [0.29, 0.717) is 10.6 Å². The van der Waals surface area contributed by atoms with Crippen molar-refractivity contribution in [1.82, 2.24) is 5.32 Å². The molecule has 116 valence electrons. The SMILES string of the molecule is Cc1ccc(CC(=O)NC(CO)c2ccc(Cl)cc2)cc1O. The van der Waals surface area contributed by atoms with E-state index in [9.17, 15) is 15.0 Å². The van der Waals surface area contributed by atoms with Crippen LogP contribution in [0.3, 0.4) is 0 Å². The van der Waals surface area contributed by atoms with Gasteiger partial charge >= 0.3 is 0 Å². The van der Waals surface area contributed by atoms with Gasteiger partial charge in [-0.15, -0.1) is 0 Å². The van der Waals surface area contributed by atoms with E-state index >= 15 is 0 Å². The van der Waals surface area contributed by atoms with Gasteiger partial charge in [0.1, 0.15) is 5.75 Å². The van der Waals surface area contributed by atoms with Crippen LogP contribution < -0.4 is 5.32 Å². The molecule has 2 aromatic rings. The maximum absolute atomic E-state index is 12.1. The molecule has 5 heteroatoms. The van der Waals surface area contributed by atoms with Crippen LogP contribution in [0.4, 0.5) is 0 Å². The first-order valence-electron chi connectivity index (χ1n) is 6.94. The number of carbonyl (C=O) groups excluding carboxylic acids is 1. The van der Waals surface area contributed by atoms with Crippen LogP contribution in [0.25, 0.3) is 0 Å². The molecule has 0 aliphatic carbocycles. The summed E-state index contributed by atoms with van der Waals surface area (Å²) in [5, 5.41) is 22.5. The van der Waals surface area contributed by atoms with Crippen LogP contribution in [0.15, 0.2) is 42.5 Å². The predicted octanol–water partition coefficient (Wildman–Crippen LogP) is 2.75. The van der Waals surface area contributed by atoms with Gasteiger partial charge in [-0.1, -0.05) is 35.9 Å². The van der Waals surface area contributed by atoms with Gasteiger partial charge in [-0.2, -0.15) is 0 Å². The summed E-state index contributed by atoms with van der Waals surface area (Å²) in [7, 11) is 0. The van der Waals surface area contributed by atoms with Crippen molar-refractivity contribution in [3.63, 3.8) is 0 Å². The maximum Gasteiger partial charge on any atom is 0.224 e. The molecule has 0 saturated heterocycles. The third-order valence-electron chi connectivity index (χ3n) is 3.43. The van der Waals surface area contributed by atoms with Gasteiger partial charge in [0.25, 0.3) is 0 Å². The molecule has 22 heavy (non-hydrogen) atoms. The molecule has 0 bridgehead atoms. The van der Waals surface area contributed by atoms with Crippen molar-refractivity contribution in [2.45, 2.75) is 19.4 Å². The Morgan fingerprint density at radius 2 is 1.91 bits per heavy atom. The molecule has 1 unspecified atom stereocenters. The first-order chi connectivity index (χ1) is 10.5. The molecule has 3 N–H and O–H groups in total. The number of rotatable bonds is 5. The molecule has 0 aliphatic heterocycles. The highest BCUT2D eigenvalue weighted by Crippen LogP contribution is 2.19. The molecule has 4 nitrogen and oxygen atoms in total. The highest BCUT2D eigenvalue weighted by atomic mass is 35.5. The molecule has 0 saturated carbocycles. The van der Waals surface area contributed by atoms with Crippen LogP contribution in [-0.2, 0) is 11.2 Å². The normalized spacial score (nSPS) is 12.0. The summed E-state index contributed by atoms with van der Waals surface area (Å²) in [4.78, 5) is 12.1. The van der Waals surface area contributed by atoms with E-state index in [0.717, 1.165) is 11.1 Å². The molecule has 0 heterocycles. The number of amides is 1. The largest absolute Gasteiger partial charge is 0.508 e. The fraction of sp³-hybridized carbons (Fsp3) is 0.235. The Morgan fingerprint density at radius 3 is 2.50 bits per heavy atom. The quantitative estimate of drug-likeness (QED) is 0.793. The van der Waals surface area contributed by atoms with E-state index in [1.54, 1.807) is 49.4 Å². The summed E-state index contributed by atoms with van der Waals surface area (Å²) in [6.45, 7) is 1.59. The summed E-state index contributed by atoms with van der Waals surface area (Å²) in [5.74, 6) is -0.0565. The van der Waals surface area contributed by atoms with Gasteiger partial charge in [0.05, 0.1) is 19.1 Å². The van der Waals surface area contributed by atoms with Crippen LogP contribution >= 0.6 is 11.6 Å². The van der Waals surface area contributed by atoms with Crippen molar-refractivity contribution in [2.24, 2.45) is 0 Å². The Bertz CT molecular complexity index is 655. The Hall–Kier alpha value is -2.04. The highest BCUT2D eigenvalue weighted by molar-refractivity contribution is 6.30. The molecule has 0 radical (unpaired) electrons. The summed E-state index contributed by atoms with van der Waals surface area (Å²) in [6.07, 6.45) is 0.137. The number of aliphatic hydroxyl groups is 1. The Balaban J connectivity index is 2.02. The molecule has 1 atom stereocenters. The van der Waals surface area contributed by atoms with Gasteiger partial charge in [0, 0.05) is 5.02 Å². The number of halogens is 1. The lowest BCUT2D eigenvalue weighted by atomic mass is 10.1. The lowest BCUT2D eigenvalue weighted by molar-refractivity contribution is -0.121.